The Kier molecular flexibility index (Phi) is 7.19. The molecule has 0 fully saturated rings. The number of nitrogens with two attached hydrogens (primary N) is 1. The summed E-state index contributed by atoms with van der Waals surface area (Å²) in [6.07, 6.45) is 0. The van der Waals surface area contributed by atoms with Gasteiger partial charge in [0.15, 0.2) is 0 Å². The quantitative estimate of drug-likeness (QED) is 0.505. The zero-order valence-electron chi connectivity index (χ0n) is 16.6. The van der Waals surface area contributed by atoms with Gasteiger partial charge in [-0.3, -0.25) is 14.2 Å². The Morgan fingerprint density at radius 3 is 2.52 bits per heavy atom. The number of aromatic nitrogens is 1. The van der Waals surface area contributed by atoms with Gasteiger partial charge in [0, 0.05) is 35.6 Å². The number of primary amides is 1. The van der Waals surface area contributed by atoms with Crippen molar-refractivity contribution in [1.29, 1.82) is 0 Å². The summed E-state index contributed by atoms with van der Waals surface area (Å²) >= 11 is 3.26. The first-order chi connectivity index (χ1) is 14.8. The summed E-state index contributed by atoms with van der Waals surface area (Å²) in [5, 5.41) is 2.92. The Labute approximate surface area is 185 Å². The summed E-state index contributed by atoms with van der Waals surface area (Å²) in [5.74, 6) is -1.56. The largest absolute Gasteiger partial charge is 0.487 e. The van der Waals surface area contributed by atoms with Crippen LogP contribution in [0.15, 0.2) is 57.8 Å². The number of aryl methyl sites for hydroxylation is 1. The highest BCUT2D eigenvalue weighted by Gasteiger charge is 2.14. The van der Waals surface area contributed by atoms with Crippen molar-refractivity contribution < 1.29 is 18.3 Å². The number of carbonyl (C=O) groups excluding carboxylic acids is 1. The van der Waals surface area contributed by atoms with Gasteiger partial charge in [-0.15, -0.1) is 0 Å². The molecule has 6 nitrogen and oxygen atoms in total. The number of amides is 1. The van der Waals surface area contributed by atoms with Crippen LogP contribution in [0.2, 0.25) is 0 Å². The molecule has 3 rings (SSSR count). The van der Waals surface area contributed by atoms with Gasteiger partial charge in [-0.05, 0) is 52.7 Å². The SMILES string of the molecule is Cc1cc(OCc2ccc(F)cc2F)c(Br)c(=O)n1-c1ccc(CNCC(N)=O)cc1. The van der Waals surface area contributed by atoms with Gasteiger partial charge in [-0.2, -0.15) is 0 Å². The predicted molar refractivity (Wildman–Crippen MR) is 116 cm³/mol. The minimum Gasteiger partial charge on any atom is -0.487 e. The molecule has 1 amide bonds. The zero-order valence-corrected chi connectivity index (χ0v) is 18.2. The number of ether oxygens (including phenoxy) is 1. The topological polar surface area (TPSA) is 86.3 Å². The van der Waals surface area contributed by atoms with E-state index >= 15 is 0 Å². The van der Waals surface area contributed by atoms with Crippen molar-refractivity contribution in [2.75, 3.05) is 6.54 Å². The van der Waals surface area contributed by atoms with Crippen molar-refractivity contribution >= 4 is 21.8 Å². The fourth-order valence-corrected chi connectivity index (χ4v) is 3.40. The van der Waals surface area contributed by atoms with Crippen molar-refractivity contribution in [2.24, 2.45) is 5.73 Å². The molecule has 2 aromatic carbocycles. The molecule has 1 heterocycles. The molecule has 0 aliphatic carbocycles. The highest BCUT2D eigenvalue weighted by atomic mass is 79.9. The van der Waals surface area contributed by atoms with Crippen LogP contribution >= 0.6 is 15.9 Å². The fraction of sp³-hybridized carbons (Fsp3) is 0.182. The van der Waals surface area contributed by atoms with E-state index in [0.717, 1.165) is 17.7 Å². The number of nitrogens with zero attached hydrogens (tertiary/aromatic N) is 1. The minimum absolute atomic E-state index is 0.0799. The van der Waals surface area contributed by atoms with Crippen molar-refractivity contribution in [3.8, 4) is 11.4 Å². The Hall–Kier alpha value is -3.04. The molecular formula is C22H20BrF2N3O3. The fourth-order valence-electron chi connectivity index (χ4n) is 2.99. The van der Waals surface area contributed by atoms with E-state index in [-0.39, 0.29) is 34.5 Å². The van der Waals surface area contributed by atoms with Crippen molar-refractivity contribution in [3.05, 3.63) is 91.8 Å². The third kappa shape index (κ3) is 5.56. The number of pyridine rings is 1. The lowest BCUT2D eigenvalue weighted by atomic mass is 10.2. The van der Waals surface area contributed by atoms with E-state index in [1.165, 1.54) is 10.6 Å². The highest BCUT2D eigenvalue weighted by molar-refractivity contribution is 9.10. The Morgan fingerprint density at radius 2 is 1.87 bits per heavy atom. The monoisotopic (exact) mass is 491 g/mol. The average Bonchev–Trinajstić information content (AvgIpc) is 2.71. The van der Waals surface area contributed by atoms with Gasteiger partial charge >= 0.3 is 0 Å². The van der Waals surface area contributed by atoms with E-state index < -0.39 is 17.5 Å². The first-order valence-corrected chi connectivity index (χ1v) is 10.1. The Bertz CT molecular complexity index is 1160. The van der Waals surface area contributed by atoms with Crippen LogP contribution in [0.1, 0.15) is 16.8 Å². The van der Waals surface area contributed by atoms with Crippen LogP contribution in [0.4, 0.5) is 8.78 Å². The molecule has 0 aliphatic rings. The second-order valence-electron chi connectivity index (χ2n) is 6.87. The Morgan fingerprint density at radius 1 is 1.16 bits per heavy atom. The number of nitrogens with one attached hydrogen (secondary N) is 1. The molecule has 9 heteroatoms. The maximum atomic E-state index is 13.8. The molecule has 0 radical (unpaired) electrons. The predicted octanol–water partition coefficient (Wildman–Crippen LogP) is 3.34. The van der Waals surface area contributed by atoms with Crippen LogP contribution < -0.4 is 21.3 Å². The number of benzene rings is 2. The molecule has 0 spiro atoms. The number of halogens is 3. The molecular weight excluding hydrogens is 472 g/mol. The molecule has 3 aromatic rings. The van der Waals surface area contributed by atoms with Crippen LogP contribution in [0.3, 0.4) is 0 Å². The third-order valence-electron chi connectivity index (χ3n) is 4.52. The number of hydrogen-bond donors (Lipinski definition) is 2. The molecule has 0 aliphatic heterocycles. The third-order valence-corrected chi connectivity index (χ3v) is 5.25. The minimum atomic E-state index is -0.716. The molecule has 31 heavy (non-hydrogen) atoms. The van der Waals surface area contributed by atoms with Crippen LogP contribution in [0.25, 0.3) is 5.69 Å². The van der Waals surface area contributed by atoms with Gasteiger partial charge in [0.2, 0.25) is 5.91 Å². The second-order valence-corrected chi connectivity index (χ2v) is 7.66. The smallest absolute Gasteiger partial charge is 0.273 e. The number of rotatable bonds is 8. The lowest BCUT2D eigenvalue weighted by Crippen LogP contribution is -2.28. The first kappa shape index (κ1) is 22.6. The van der Waals surface area contributed by atoms with Crippen LogP contribution in [0, 0.1) is 18.6 Å². The molecule has 3 N–H and O–H groups in total. The molecule has 0 unspecified atom stereocenters. The summed E-state index contributed by atoms with van der Waals surface area (Å²) in [6.45, 7) is 2.15. The van der Waals surface area contributed by atoms with Crippen LogP contribution in [-0.4, -0.2) is 17.0 Å². The van der Waals surface area contributed by atoms with Gasteiger partial charge < -0.3 is 15.8 Å². The van der Waals surface area contributed by atoms with Crippen molar-refractivity contribution in [3.63, 3.8) is 0 Å². The van der Waals surface area contributed by atoms with Gasteiger partial charge in [0.25, 0.3) is 5.56 Å². The summed E-state index contributed by atoms with van der Waals surface area (Å²) in [6, 6.07) is 12.1. The zero-order chi connectivity index (χ0) is 22.5. The molecule has 0 saturated heterocycles. The summed E-state index contributed by atoms with van der Waals surface area (Å²) in [5.41, 5.74) is 7.13. The van der Waals surface area contributed by atoms with Gasteiger partial charge in [0.05, 0.1) is 6.54 Å². The average molecular weight is 492 g/mol. The van der Waals surface area contributed by atoms with Crippen LogP contribution in [-0.2, 0) is 17.9 Å². The van der Waals surface area contributed by atoms with E-state index in [0.29, 0.717) is 17.9 Å². The normalized spacial score (nSPS) is 10.8. The first-order valence-electron chi connectivity index (χ1n) is 9.33. The molecule has 162 valence electrons. The molecule has 0 bridgehead atoms. The molecule has 0 saturated carbocycles. The van der Waals surface area contributed by atoms with Gasteiger partial charge in [0.1, 0.15) is 28.5 Å². The highest BCUT2D eigenvalue weighted by Crippen LogP contribution is 2.25. The van der Waals surface area contributed by atoms with E-state index in [2.05, 4.69) is 21.2 Å². The van der Waals surface area contributed by atoms with Crippen LogP contribution in [0.5, 0.6) is 5.75 Å². The van der Waals surface area contributed by atoms with Crippen molar-refractivity contribution in [2.45, 2.75) is 20.1 Å². The summed E-state index contributed by atoms with van der Waals surface area (Å²) < 4.78 is 34.2. The standard InChI is InChI=1S/C22H20BrF2N3O3/c1-13-8-19(31-12-15-4-5-16(24)9-18(15)25)21(23)22(30)28(13)17-6-2-14(3-7-17)10-27-11-20(26)29/h2-9,27H,10-12H2,1H3,(H2,26,29). The molecule has 1 aromatic heterocycles. The van der Waals surface area contributed by atoms with Crippen molar-refractivity contribution in [1.82, 2.24) is 9.88 Å². The van der Waals surface area contributed by atoms with Gasteiger partial charge in [-0.1, -0.05) is 12.1 Å². The maximum absolute atomic E-state index is 13.8. The molecule has 0 atom stereocenters. The summed E-state index contributed by atoms with van der Waals surface area (Å²) in [7, 11) is 0. The Balaban J connectivity index is 1.79. The maximum Gasteiger partial charge on any atom is 0.273 e. The number of hydrogen-bond acceptors (Lipinski definition) is 4. The number of carbonyl (C=O) groups is 1. The second kappa shape index (κ2) is 9.84. The van der Waals surface area contributed by atoms with Gasteiger partial charge in [-0.25, -0.2) is 8.78 Å². The summed E-state index contributed by atoms with van der Waals surface area (Å²) in [4.78, 5) is 23.7. The van der Waals surface area contributed by atoms with E-state index in [9.17, 15) is 18.4 Å². The van der Waals surface area contributed by atoms with E-state index in [1.54, 1.807) is 25.1 Å². The lowest BCUT2D eigenvalue weighted by molar-refractivity contribution is -0.117. The lowest BCUT2D eigenvalue weighted by Gasteiger charge is -2.15. The van der Waals surface area contributed by atoms with E-state index in [1.807, 2.05) is 12.1 Å². The van der Waals surface area contributed by atoms with E-state index in [4.69, 9.17) is 10.5 Å².